The molecule has 0 bridgehead atoms. The highest BCUT2D eigenvalue weighted by molar-refractivity contribution is 7.99. The number of benzene rings is 2. The third-order valence-electron chi connectivity index (χ3n) is 4.11. The van der Waals surface area contributed by atoms with Crippen LogP contribution in [0.1, 0.15) is 24.0 Å². The van der Waals surface area contributed by atoms with E-state index in [0.717, 1.165) is 23.9 Å². The lowest BCUT2D eigenvalue weighted by atomic mass is 10.2. The molecule has 0 radical (unpaired) electrons. The van der Waals surface area contributed by atoms with Crippen molar-refractivity contribution in [3.8, 4) is 0 Å². The predicted octanol–water partition coefficient (Wildman–Crippen LogP) is 4.61. The lowest BCUT2D eigenvalue weighted by molar-refractivity contribution is -0.139. The lowest BCUT2D eigenvalue weighted by Crippen LogP contribution is -2.24. The molecule has 3 rings (SSSR count). The molecule has 26 heavy (non-hydrogen) atoms. The van der Waals surface area contributed by atoms with Gasteiger partial charge in [-0.05, 0) is 36.8 Å². The second kappa shape index (κ2) is 7.28. The molecule has 1 aliphatic heterocycles. The Labute approximate surface area is 151 Å². The summed E-state index contributed by atoms with van der Waals surface area (Å²) >= 11 is 0.735. The van der Waals surface area contributed by atoms with Crippen molar-refractivity contribution in [2.24, 2.45) is 0 Å². The first-order valence-electron chi connectivity index (χ1n) is 7.89. The van der Waals surface area contributed by atoms with Gasteiger partial charge in [-0.2, -0.15) is 13.2 Å². The first-order chi connectivity index (χ1) is 12.3. The molecule has 0 spiro atoms. The number of halogens is 4. The Balaban J connectivity index is 2.02. The Morgan fingerprint density at radius 3 is 2.54 bits per heavy atom. The zero-order chi connectivity index (χ0) is 18.9. The van der Waals surface area contributed by atoms with Gasteiger partial charge in [-0.1, -0.05) is 17.8 Å². The Morgan fingerprint density at radius 1 is 1.15 bits per heavy atom. The van der Waals surface area contributed by atoms with E-state index in [2.05, 4.69) is 0 Å². The fraction of sp³-hybridized carbons (Fsp3) is 0.278. The molecule has 1 N–H and O–H groups in total. The fourth-order valence-electron chi connectivity index (χ4n) is 2.82. The average Bonchev–Trinajstić information content (AvgIpc) is 3.00. The van der Waals surface area contributed by atoms with Crippen molar-refractivity contribution in [2.45, 2.75) is 35.4 Å². The van der Waals surface area contributed by atoms with Crippen LogP contribution < -0.4 is 4.90 Å². The summed E-state index contributed by atoms with van der Waals surface area (Å²) in [6.07, 6.45) is -3.70. The molecule has 0 saturated carbocycles. The zero-order valence-corrected chi connectivity index (χ0v) is 14.3. The van der Waals surface area contributed by atoms with E-state index >= 15 is 0 Å². The summed E-state index contributed by atoms with van der Waals surface area (Å²) in [7, 11) is 0. The van der Waals surface area contributed by atoms with Gasteiger partial charge in [0.25, 0.3) is 0 Å². The Morgan fingerprint density at radius 2 is 1.92 bits per heavy atom. The van der Waals surface area contributed by atoms with Crippen molar-refractivity contribution < 1.29 is 27.5 Å². The minimum Gasteiger partial charge on any atom is -0.392 e. The maximum absolute atomic E-state index is 13.8. The molecule has 0 aliphatic carbocycles. The molecule has 1 fully saturated rings. The normalized spacial score (nSPS) is 15.0. The smallest absolute Gasteiger partial charge is 0.392 e. The third-order valence-corrected chi connectivity index (χ3v) is 5.29. The number of anilines is 1. The van der Waals surface area contributed by atoms with E-state index in [9.17, 15) is 27.5 Å². The summed E-state index contributed by atoms with van der Waals surface area (Å²) < 4.78 is 54.4. The van der Waals surface area contributed by atoms with Crippen LogP contribution >= 0.6 is 11.8 Å². The first kappa shape index (κ1) is 18.7. The van der Waals surface area contributed by atoms with Crippen molar-refractivity contribution >= 4 is 23.4 Å². The maximum atomic E-state index is 13.8. The van der Waals surface area contributed by atoms with Crippen LogP contribution in [-0.4, -0.2) is 17.6 Å². The van der Waals surface area contributed by atoms with E-state index < -0.39 is 24.2 Å². The number of carbonyl (C=O) groups is 1. The van der Waals surface area contributed by atoms with Crippen molar-refractivity contribution in [1.82, 2.24) is 0 Å². The van der Waals surface area contributed by atoms with Gasteiger partial charge in [0, 0.05) is 34.0 Å². The molecule has 1 heterocycles. The van der Waals surface area contributed by atoms with Gasteiger partial charge in [-0.25, -0.2) is 4.39 Å². The summed E-state index contributed by atoms with van der Waals surface area (Å²) in [5, 5.41) is 9.30. The van der Waals surface area contributed by atoms with Crippen LogP contribution in [0.2, 0.25) is 0 Å². The molecular formula is C18H15F4NO2S. The zero-order valence-electron chi connectivity index (χ0n) is 13.5. The maximum Gasteiger partial charge on any atom is 0.417 e. The highest BCUT2D eigenvalue weighted by atomic mass is 32.2. The van der Waals surface area contributed by atoms with Gasteiger partial charge in [0.1, 0.15) is 5.82 Å². The molecule has 138 valence electrons. The van der Waals surface area contributed by atoms with Gasteiger partial charge in [0.15, 0.2) is 0 Å². The molecular weight excluding hydrogens is 370 g/mol. The molecule has 8 heteroatoms. The second-order valence-corrected chi connectivity index (χ2v) is 6.89. The largest absolute Gasteiger partial charge is 0.417 e. The third kappa shape index (κ3) is 3.71. The number of aliphatic hydroxyl groups excluding tert-OH is 1. The van der Waals surface area contributed by atoms with E-state index in [0.29, 0.717) is 19.4 Å². The lowest BCUT2D eigenvalue weighted by Gasteiger charge is -2.20. The van der Waals surface area contributed by atoms with Crippen LogP contribution in [0.4, 0.5) is 23.2 Å². The predicted molar refractivity (Wildman–Crippen MR) is 89.5 cm³/mol. The van der Waals surface area contributed by atoms with Crippen LogP contribution in [0.15, 0.2) is 46.2 Å². The second-order valence-electron chi connectivity index (χ2n) is 5.80. The summed E-state index contributed by atoms with van der Waals surface area (Å²) in [6, 6.07) is 7.66. The van der Waals surface area contributed by atoms with Crippen LogP contribution in [0.25, 0.3) is 0 Å². The summed E-state index contributed by atoms with van der Waals surface area (Å²) in [5.41, 5.74) is -0.747. The minimum absolute atomic E-state index is 0.0515. The van der Waals surface area contributed by atoms with Crippen LogP contribution in [0, 0.1) is 5.82 Å². The molecule has 1 aliphatic rings. The fourth-order valence-corrected chi connectivity index (χ4v) is 3.91. The highest BCUT2D eigenvalue weighted by Gasteiger charge is 2.35. The summed E-state index contributed by atoms with van der Waals surface area (Å²) in [4.78, 5) is 13.2. The van der Waals surface area contributed by atoms with Crippen molar-refractivity contribution in [3.05, 3.63) is 53.3 Å². The number of aliphatic hydroxyl groups is 1. The first-order valence-corrected chi connectivity index (χ1v) is 8.70. The number of hydrogen-bond donors (Lipinski definition) is 1. The van der Waals surface area contributed by atoms with Crippen LogP contribution in [0.3, 0.4) is 0 Å². The SMILES string of the molecule is O=C1CCCN1c1ccc(Sc2cccc(F)c2CO)c(C(F)(F)F)c1. The van der Waals surface area contributed by atoms with Gasteiger partial charge >= 0.3 is 6.18 Å². The van der Waals surface area contributed by atoms with E-state index in [1.807, 2.05) is 0 Å². The van der Waals surface area contributed by atoms with Gasteiger partial charge in [0.2, 0.25) is 5.91 Å². The molecule has 1 saturated heterocycles. The standard InChI is InChI=1S/C18H15F4NO2S/c19-14-3-1-4-15(12(14)10-24)26-16-7-6-11(9-13(16)18(20,21)22)23-8-2-5-17(23)25/h1,3-4,6-7,9,24H,2,5,8,10H2. The minimum atomic E-state index is -4.63. The van der Waals surface area contributed by atoms with Gasteiger partial charge in [-0.3, -0.25) is 4.79 Å². The molecule has 1 amide bonds. The number of nitrogens with zero attached hydrogens (tertiary/aromatic N) is 1. The molecule has 3 nitrogen and oxygen atoms in total. The van der Waals surface area contributed by atoms with E-state index in [-0.39, 0.29) is 26.9 Å². The number of amides is 1. The summed E-state index contributed by atoms with van der Waals surface area (Å²) in [5.74, 6) is -0.878. The molecule has 0 aromatic heterocycles. The average molecular weight is 385 g/mol. The van der Waals surface area contributed by atoms with Gasteiger partial charge in [-0.15, -0.1) is 0 Å². The van der Waals surface area contributed by atoms with E-state index in [1.165, 1.54) is 29.2 Å². The number of hydrogen-bond acceptors (Lipinski definition) is 3. The Bertz CT molecular complexity index is 838. The Hall–Kier alpha value is -2.06. The quantitative estimate of drug-likeness (QED) is 0.781. The highest BCUT2D eigenvalue weighted by Crippen LogP contribution is 2.42. The molecule has 0 atom stereocenters. The van der Waals surface area contributed by atoms with Crippen molar-refractivity contribution in [1.29, 1.82) is 0 Å². The summed E-state index contributed by atoms with van der Waals surface area (Å²) in [6.45, 7) is -0.224. The van der Waals surface area contributed by atoms with Crippen LogP contribution in [-0.2, 0) is 17.6 Å². The van der Waals surface area contributed by atoms with E-state index in [4.69, 9.17) is 0 Å². The monoisotopic (exact) mass is 385 g/mol. The molecule has 0 unspecified atom stereocenters. The number of alkyl halides is 3. The van der Waals surface area contributed by atoms with Gasteiger partial charge < -0.3 is 10.0 Å². The van der Waals surface area contributed by atoms with Crippen molar-refractivity contribution in [3.63, 3.8) is 0 Å². The van der Waals surface area contributed by atoms with Crippen LogP contribution in [0.5, 0.6) is 0 Å². The number of rotatable bonds is 4. The molecule has 2 aromatic carbocycles. The van der Waals surface area contributed by atoms with E-state index in [1.54, 1.807) is 0 Å². The Kier molecular flexibility index (Phi) is 5.24. The topological polar surface area (TPSA) is 40.5 Å². The van der Waals surface area contributed by atoms with Gasteiger partial charge in [0.05, 0.1) is 12.2 Å². The van der Waals surface area contributed by atoms with Crippen molar-refractivity contribution in [2.75, 3.05) is 11.4 Å². The molecule has 2 aromatic rings. The number of carbonyl (C=O) groups excluding carboxylic acids is 1.